The second-order valence-electron chi connectivity index (χ2n) is 12.0. The molecule has 35 heavy (non-hydrogen) atoms. The van der Waals surface area contributed by atoms with E-state index >= 15 is 0 Å². The number of carbonyl (C=O) groups is 1. The molecule has 0 bridgehead atoms. The Morgan fingerprint density at radius 2 is 1.74 bits per heavy atom. The van der Waals surface area contributed by atoms with Crippen molar-refractivity contribution in [2.24, 2.45) is 0 Å². The van der Waals surface area contributed by atoms with E-state index in [0.29, 0.717) is 13.2 Å². The molecule has 1 aliphatic heterocycles. The van der Waals surface area contributed by atoms with E-state index in [-0.39, 0.29) is 23.1 Å². The topological polar surface area (TPSA) is 48.0 Å². The fourth-order valence-corrected chi connectivity index (χ4v) is 8.77. The zero-order valence-electron chi connectivity index (χ0n) is 23.9. The highest BCUT2D eigenvalue weighted by molar-refractivity contribution is 6.80. The van der Waals surface area contributed by atoms with Crippen LogP contribution in [0.25, 0.3) is 0 Å². The Morgan fingerprint density at radius 3 is 2.29 bits per heavy atom. The summed E-state index contributed by atoms with van der Waals surface area (Å²) in [6.07, 6.45) is 5.19. The molecule has 0 N–H and O–H groups in total. The van der Waals surface area contributed by atoms with Gasteiger partial charge in [-0.15, -0.1) is 0 Å². The molecule has 0 radical (unpaired) electrons. The van der Waals surface area contributed by atoms with Gasteiger partial charge in [-0.2, -0.15) is 0 Å². The number of β-lactam (4-membered cyclic amide) rings is 1. The molecule has 1 fully saturated rings. The lowest BCUT2D eigenvalue weighted by Gasteiger charge is -2.56. The molecule has 1 saturated heterocycles. The van der Waals surface area contributed by atoms with E-state index in [9.17, 15) is 4.79 Å². The predicted octanol–water partition coefficient (Wildman–Crippen LogP) is 7.15. The third-order valence-electron chi connectivity index (χ3n) is 7.68. The molecule has 2 unspecified atom stereocenters. The lowest BCUT2D eigenvalue weighted by atomic mass is 9.94. The van der Waals surface area contributed by atoms with Gasteiger partial charge in [0.25, 0.3) is 0 Å². The predicted molar refractivity (Wildman–Crippen MR) is 151 cm³/mol. The highest BCUT2D eigenvalue weighted by Gasteiger charge is 2.54. The van der Waals surface area contributed by atoms with Crippen LogP contribution in [-0.4, -0.2) is 52.9 Å². The van der Waals surface area contributed by atoms with Crippen molar-refractivity contribution in [3.8, 4) is 5.75 Å². The number of benzene rings is 1. The smallest absolute Gasteiger partial charge is 0.244 e. The van der Waals surface area contributed by atoms with Crippen LogP contribution in [-0.2, 0) is 20.6 Å². The molecule has 0 aliphatic carbocycles. The van der Waals surface area contributed by atoms with Crippen molar-refractivity contribution in [2.75, 3.05) is 13.7 Å². The average molecular weight is 520 g/mol. The van der Waals surface area contributed by atoms with Gasteiger partial charge in [0, 0.05) is 12.2 Å². The minimum Gasteiger partial charge on any atom is -0.497 e. The Morgan fingerprint density at radius 1 is 1.11 bits per heavy atom. The summed E-state index contributed by atoms with van der Waals surface area (Å²) in [4.78, 5) is 13.4. The van der Waals surface area contributed by atoms with Gasteiger partial charge >= 0.3 is 0 Å². The summed E-state index contributed by atoms with van der Waals surface area (Å²) >= 11 is 0. The zero-order chi connectivity index (χ0) is 26.4. The summed E-state index contributed by atoms with van der Waals surface area (Å²) in [5, 5.41) is 0.0962. The van der Waals surface area contributed by atoms with Gasteiger partial charge in [-0.3, -0.25) is 4.79 Å². The molecule has 1 aromatic rings. The van der Waals surface area contributed by atoms with Gasteiger partial charge in [0.2, 0.25) is 5.91 Å². The van der Waals surface area contributed by atoms with Crippen LogP contribution in [0.15, 0.2) is 35.9 Å². The molecule has 1 heterocycles. The van der Waals surface area contributed by atoms with Crippen molar-refractivity contribution in [3.63, 3.8) is 0 Å². The Labute approximate surface area is 216 Å². The van der Waals surface area contributed by atoms with Gasteiger partial charge in [-0.05, 0) is 61.3 Å². The largest absolute Gasteiger partial charge is 0.497 e. The lowest BCUT2D eigenvalue weighted by molar-refractivity contribution is -0.131. The van der Waals surface area contributed by atoms with Gasteiger partial charge in [-0.25, -0.2) is 0 Å². The quantitative estimate of drug-likeness (QED) is 0.158. The molecule has 2 atom stereocenters. The summed E-state index contributed by atoms with van der Waals surface area (Å²) in [6, 6.07) is 9.21. The average Bonchev–Trinajstić information content (AvgIpc) is 2.78. The SMILES string of the molecule is CCCC[Si](C)(C)OCCC1/C(=C\C(C)OCc2ccc(OC)cc2)C(=O)N1[Si](C)(C)C(C)(C)C. The number of rotatable bonds is 13. The summed E-state index contributed by atoms with van der Waals surface area (Å²) < 4.78 is 20.0. The van der Waals surface area contributed by atoms with Gasteiger partial charge in [0.05, 0.1) is 25.9 Å². The first-order valence-corrected chi connectivity index (χ1v) is 19.2. The molecule has 1 aliphatic rings. The Bertz CT molecular complexity index is 859. The normalized spacial score (nSPS) is 19.1. The second-order valence-corrected chi connectivity index (χ2v) is 21.4. The van der Waals surface area contributed by atoms with Crippen molar-refractivity contribution in [1.82, 2.24) is 4.57 Å². The first kappa shape index (κ1) is 29.8. The number of amides is 1. The monoisotopic (exact) mass is 519 g/mol. The van der Waals surface area contributed by atoms with Crippen molar-refractivity contribution in [1.29, 1.82) is 0 Å². The Hall–Kier alpha value is -1.42. The molecule has 0 spiro atoms. The zero-order valence-corrected chi connectivity index (χ0v) is 25.9. The van der Waals surface area contributed by atoms with Crippen LogP contribution in [0, 0.1) is 0 Å². The van der Waals surface area contributed by atoms with E-state index in [2.05, 4.69) is 58.4 Å². The Balaban J connectivity index is 2.12. The third kappa shape index (κ3) is 7.78. The lowest BCUT2D eigenvalue weighted by Crippen LogP contribution is -2.69. The van der Waals surface area contributed by atoms with Gasteiger partial charge in [0.1, 0.15) is 5.75 Å². The standard InChI is InChI=1S/C28H49NO4Si2/c1-11-12-19-34(7,8)33-18-17-26-25(27(30)29(26)35(9,10)28(3,4)5)20-22(2)32-21-23-13-15-24(31-6)16-14-23/h13-16,20,22,26H,11-12,17-19,21H2,1-10H3/b25-20+. The number of hydrogen-bond donors (Lipinski definition) is 0. The number of nitrogens with zero attached hydrogens (tertiary/aromatic N) is 1. The van der Waals surface area contributed by atoms with Crippen molar-refractivity contribution < 1.29 is 18.7 Å². The van der Waals surface area contributed by atoms with Crippen molar-refractivity contribution >= 4 is 22.5 Å². The van der Waals surface area contributed by atoms with Crippen LogP contribution in [0.3, 0.4) is 0 Å². The maximum absolute atomic E-state index is 13.4. The molecule has 7 heteroatoms. The maximum Gasteiger partial charge on any atom is 0.244 e. The van der Waals surface area contributed by atoms with E-state index in [1.54, 1.807) is 7.11 Å². The van der Waals surface area contributed by atoms with Crippen LogP contribution in [0.2, 0.25) is 37.3 Å². The van der Waals surface area contributed by atoms with Crippen LogP contribution >= 0.6 is 0 Å². The molecule has 2 rings (SSSR count). The maximum atomic E-state index is 13.4. The fourth-order valence-electron chi connectivity index (χ4n) is 4.34. The van der Waals surface area contributed by atoms with E-state index in [0.717, 1.165) is 23.3 Å². The minimum atomic E-state index is -1.99. The van der Waals surface area contributed by atoms with Crippen LogP contribution in [0.5, 0.6) is 5.75 Å². The van der Waals surface area contributed by atoms with E-state index in [1.807, 2.05) is 37.3 Å². The van der Waals surface area contributed by atoms with Crippen LogP contribution in [0.4, 0.5) is 0 Å². The number of carbonyl (C=O) groups excluding carboxylic acids is 1. The summed E-state index contributed by atoms with van der Waals surface area (Å²) in [7, 11) is -1.98. The summed E-state index contributed by atoms with van der Waals surface area (Å²) in [5.74, 6) is 1.02. The van der Waals surface area contributed by atoms with E-state index in [1.165, 1.54) is 18.9 Å². The van der Waals surface area contributed by atoms with Crippen LogP contribution in [0.1, 0.15) is 59.4 Å². The van der Waals surface area contributed by atoms with E-state index < -0.39 is 16.6 Å². The summed E-state index contributed by atoms with van der Waals surface area (Å²) in [6.45, 7) is 21.5. The van der Waals surface area contributed by atoms with Gasteiger partial charge in [-0.1, -0.05) is 65.8 Å². The van der Waals surface area contributed by atoms with E-state index in [4.69, 9.17) is 13.9 Å². The Kier molecular flexibility index (Phi) is 10.4. The van der Waals surface area contributed by atoms with Crippen molar-refractivity contribution in [2.45, 2.75) is 110 Å². The second kappa shape index (κ2) is 12.2. The van der Waals surface area contributed by atoms with Gasteiger partial charge in [0.15, 0.2) is 16.6 Å². The molecule has 0 aromatic heterocycles. The molecule has 0 saturated carbocycles. The first-order valence-electron chi connectivity index (χ1n) is 13.2. The fraction of sp³-hybridized carbons (Fsp3) is 0.679. The van der Waals surface area contributed by atoms with Crippen LogP contribution < -0.4 is 4.74 Å². The number of unbranched alkanes of at least 4 members (excludes halogenated alkanes) is 1. The molecule has 1 aromatic carbocycles. The first-order chi connectivity index (χ1) is 16.2. The summed E-state index contributed by atoms with van der Waals surface area (Å²) in [5.41, 5.74) is 1.98. The number of ether oxygens (including phenoxy) is 2. The highest BCUT2D eigenvalue weighted by atomic mass is 28.4. The number of methoxy groups -OCH3 is 1. The third-order valence-corrected chi connectivity index (χ3v) is 15.6. The number of hydrogen-bond acceptors (Lipinski definition) is 4. The highest BCUT2D eigenvalue weighted by Crippen LogP contribution is 2.45. The van der Waals surface area contributed by atoms with Gasteiger partial charge < -0.3 is 18.5 Å². The van der Waals surface area contributed by atoms with Crippen molar-refractivity contribution in [3.05, 3.63) is 41.5 Å². The molecular formula is C28H49NO4Si2. The molecule has 198 valence electrons. The minimum absolute atomic E-state index is 0.0962. The molecule has 5 nitrogen and oxygen atoms in total. The molecular weight excluding hydrogens is 470 g/mol. The molecule has 1 amide bonds.